The number of rotatable bonds is 7. The van der Waals surface area contributed by atoms with Crippen molar-refractivity contribution in [2.45, 2.75) is 19.9 Å². The number of sulfonamides is 1. The minimum atomic E-state index is -3.76. The zero-order chi connectivity index (χ0) is 21.9. The van der Waals surface area contributed by atoms with E-state index < -0.39 is 22.0 Å². The van der Waals surface area contributed by atoms with Crippen molar-refractivity contribution in [2.75, 3.05) is 10.6 Å². The Morgan fingerprint density at radius 3 is 2.10 bits per heavy atom. The van der Waals surface area contributed by atoms with Crippen molar-refractivity contribution in [1.29, 1.82) is 0 Å². The maximum Gasteiger partial charge on any atom is 0.327 e. The van der Waals surface area contributed by atoms with Gasteiger partial charge in [0.2, 0.25) is 10.0 Å². The molecule has 0 aliphatic carbocycles. The fourth-order valence-corrected chi connectivity index (χ4v) is 4.40. The molecule has 3 aromatic carbocycles. The van der Waals surface area contributed by atoms with E-state index in [-0.39, 0.29) is 0 Å². The Morgan fingerprint density at radius 2 is 1.57 bits per heavy atom. The molecule has 0 aliphatic heterocycles. The molecule has 6 nitrogen and oxygen atoms in total. The molecule has 0 spiro atoms. The Labute approximate surface area is 176 Å². The normalized spacial score (nSPS) is 12.2. The summed E-state index contributed by atoms with van der Waals surface area (Å²) < 4.78 is 31.1. The number of carboxylic acid groups (broad SMARTS) is 1. The highest BCUT2D eigenvalue weighted by Crippen LogP contribution is 2.31. The third kappa shape index (κ3) is 4.80. The van der Waals surface area contributed by atoms with Crippen molar-refractivity contribution in [2.24, 2.45) is 0 Å². The van der Waals surface area contributed by atoms with Crippen molar-refractivity contribution in [3.8, 4) is 22.6 Å². The van der Waals surface area contributed by atoms with Gasteiger partial charge in [0.05, 0.1) is 11.9 Å². The first kappa shape index (κ1) is 21.4. The third-order valence-electron chi connectivity index (χ3n) is 4.68. The minimum Gasteiger partial charge on any atom is -0.480 e. The van der Waals surface area contributed by atoms with Crippen molar-refractivity contribution in [1.82, 2.24) is 0 Å². The molecule has 156 valence electrons. The van der Waals surface area contributed by atoms with E-state index in [1.165, 1.54) is 6.92 Å². The lowest BCUT2D eigenvalue weighted by atomic mass is 10.00. The Balaban J connectivity index is 1.88. The highest BCUT2D eigenvalue weighted by Gasteiger charge is 2.29. The fourth-order valence-electron chi connectivity index (χ4n) is 3.24. The molecule has 3 aromatic rings. The van der Waals surface area contributed by atoms with Crippen molar-refractivity contribution < 1.29 is 23.1 Å². The molecule has 0 heterocycles. The second-order valence-electron chi connectivity index (χ2n) is 7.01. The SMILES string of the molecule is Cc1cc(N(C(C)C(=O)O)S(C)(=O)=O)ccc1-c1ccc(Oc2ccccc2)cc1. The largest absolute Gasteiger partial charge is 0.480 e. The van der Waals surface area contributed by atoms with Crippen LogP contribution in [-0.4, -0.2) is 31.8 Å². The van der Waals surface area contributed by atoms with E-state index in [0.29, 0.717) is 11.4 Å². The van der Waals surface area contributed by atoms with Gasteiger partial charge in [-0.05, 0) is 66.9 Å². The van der Waals surface area contributed by atoms with Crippen LogP contribution in [0.2, 0.25) is 0 Å². The molecule has 7 heteroatoms. The number of carbonyl (C=O) groups is 1. The number of anilines is 1. The summed E-state index contributed by atoms with van der Waals surface area (Å²) in [4.78, 5) is 11.4. The molecule has 0 amide bonds. The summed E-state index contributed by atoms with van der Waals surface area (Å²) in [7, 11) is -3.76. The summed E-state index contributed by atoms with van der Waals surface area (Å²) >= 11 is 0. The van der Waals surface area contributed by atoms with Gasteiger partial charge in [-0.3, -0.25) is 4.31 Å². The molecule has 3 rings (SSSR count). The lowest BCUT2D eigenvalue weighted by molar-refractivity contribution is -0.137. The van der Waals surface area contributed by atoms with Gasteiger partial charge in [-0.1, -0.05) is 36.4 Å². The summed E-state index contributed by atoms with van der Waals surface area (Å²) in [5.41, 5.74) is 3.01. The smallest absolute Gasteiger partial charge is 0.327 e. The molecule has 0 saturated carbocycles. The minimum absolute atomic E-state index is 0.317. The van der Waals surface area contributed by atoms with Gasteiger partial charge in [-0.2, -0.15) is 0 Å². The molecule has 30 heavy (non-hydrogen) atoms. The van der Waals surface area contributed by atoms with Gasteiger partial charge in [0.15, 0.2) is 0 Å². The van der Waals surface area contributed by atoms with E-state index in [1.54, 1.807) is 18.2 Å². The standard InChI is InChI=1S/C23H23NO5S/c1-16-15-19(24(30(3,27)28)17(2)23(25)26)11-14-22(16)18-9-12-21(13-10-18)29-20-7-5-4-6-8-20/h4-15,17H,1-3H3,(H,25,26). The first-order valence-corrected chi connectivity index (χ1v) is 11.2. The molecule has 0 aliphatic rings. The predicted molar refractivity (Wildman–Crippen MR) is 118 cm³/mol. The molecule has 1 atom stereocenters. The molecule has 1 N–H and O–H groups in total. The molecule has 0 radical (unpaired) electrons. The van der Waals surface area contributed by atoms with Crippen LogP contribution in [0.4, 0.5) is 5.69 Å². The number of para-hydroxylation sites is 1. The monoisotopic (exact) mass is 425 g/mol. The zero-order valence-corrected chi connectivity index (χ0v) is 17.8. The summed E-state index contributed by atoms with van der Waals surface area (Å²) in [6.07, 6.45) is 1.00. The number of nitrogens with zero attached hydrogens (tertiary/aromatic N) is 1. The van der Waals surface area contributed by atoms with Crippen LogP contribution in [0.1, 0.15) is 12.5 Å². The zero-order valence-electron chi connectivity index (χ0n) is 16.9. The number of hydrogen-bond donors (Lipinski definition) is 1. The maximum atomic E-state index is 12.2. The van der Waals surface area contributed by atoms with E-state index in [9.17, 15) is 18.3 Å². The van der Waals surface area contributed by atoms with E-state index in [1.807, 2.05) is 61.5 Å². The lowest BCUT2D eigenvalue weighted by Gasteiger charge is -2.27. The number of aryl methyl sites for hydroxylation is 1. The van der Waals surface area contributed by atoms with Crippen molar-refractivity contribution in [3.63, 3.8) is 0 Å². The average Bonchev–Trinajstić information content (AvgIpc) is 2.69. The van der Waals surface area contributed by atoms with Gasteiger partial charge in [0, 0.05) is 0 Å². The van der Waals surface area contributed by atoms with E-state index in [0.717, 1.165) is 33.0 Å². The first-order chi connectivity index (χ1) is 14.2. The Bertz CT molecular complexity index is 1140. The summed E-state index contributed by atoms with van der Waals surface area (Å²) in [5.74, 6) is 0.244. The Kier molecular flexibility index (Phi) is 6.12. The van der Waals surface area contributed by atoms with Gasteiger partial charge in [0.25, 0.3) is 0 Å². The van der Waals surface area contributed by atoms with Crippen LogP contribution in [0, 0.1) is 6.92 Å². The van der Waals surface area contributed by atoms with Crippen LogP contribution in [0.25, 0.3) is 11.1 Å². The van der Waals surface area contributed by atoms with Gasteiger partial charge < -0.3 is 9.84 Å². The summed E-state index contributed by atoms with van der Waals surface area (Å²) in [6.45, 7) is 3.21. The number of hydrogen-bond acceptors (Lipinski definition) is 4. The maximum absolute atomic E-state index is 12.2. The molecular formula is C23H23NO5S. The van der Waals surface area contributed by atoms with Crippen LogP contribution in [-0.2, 0) is 14.8 Å². The number of aliphatic carboxylic acids is 1. The number of benzene rings is 3. The van der Waals surface area contributed by atoms with Gasteiger partial charge in [0.1, 0.15) is 17.5 Å². The number of carboxylic acids is 1. The first-order valence-electron chi connectivity index (χ1n) is 9.33. The Hall–Kier alpha value is -3.32. The molecule has 1 unspecified atom stereocenters. The summed E-state index contributed by atoms with van der Waals surface area (Å²) in [5, 5.41) is 9.29. The van der Waals surface area contributed by atoms with Crippen LogP contribution in [0.15, 0.2) is 72.8 Å². The van der Waals surface area contributed by atoms with Gasteiger partial charge in [-0.25, -0.2) is 13.2 Å². The van der Waals surface area contributed by atoms with Crippen LogP contribution in [0.3, 0.4) is 0 Å². The molecule has 0 bridgehead atoms. The molecule has 0 aromatic heterocycles. The highest BCUT2D eigenvalue weighted by atomic mass is 32.2. The highest BCUT2D eigenvalue weighted by molar-refractivity contribution is 7.92. The lowest BCUT2D eigenvalue weighted by Crippen LogP contribution is -2.42. The number of ether oxygens (including phenoxy) is 1. The molecule has 0 saturated heterocycles. The second kappa shape index (κ2) is 8.59. The topological polar surface area (TPSA) is 83.9 Å². The van der Waals surface area contributed by atoms with E-state index in [2.05, 4.69) is 0 Å². The molecular weight excluding hydrogens is 402 g/mol. The molecule has 0 fully saturated rings. The van der Waals surface area contributed by atoms with Crippen molar-refractivity contribution in [3.05, 3.63) is 78.4 Å². The van der Waals surface area contributed by atoms with Gasteiger partial charge >= 0.3 is 5.97 Å². The predicted octanol–water partition coefficient (Wildman–Crippen LogP) is 4.69. The van der Waals surface area contributed by atoms with Crippen LogP contribution >= 0.6 is 0 Å². The van der Waals surface area contributed by atoms with Gasteiger partial charge in [-0.15, -0.1) is 0 Å². The second-order valence-corrected chi connectivity index (χ2v) is 8.87. The van der Waals surface area contributed by atoms with Crippen LogP contribution < -0.4 is 9.04 Å². The average molecular weight is 426 g/mol. The fraction of sp³-hybridized carbons (Fsp3) is 0.174. The third-order valence-corrected chi connectivity index (χ3v) is 5.92. The quantitative estimate of drug-likeness (QED) is 0.593. The summed E-state index contributed by atoms with van der Waals surface area (Å²) in [6, 6.07) is 21.0. The van der Waals surface area contributed by atoms with Crippen LogP contribution in [0.5, 0.6) is 11.5 Å². The van der Waals surface area contributed by atoms with E-state index >= 15 is 0 Å². The van der Waals surface area contributed by atoms with E-state index in [4.69, 9.17) is 4.74 Å². The Morgan fingerprint density at radius 1 is 0.967 bits per heavy atom. The van der Waals surface area contributed by atoms with Crippen molar-refractivity contribution >= 4 is 21.7 Å².